The highest BCUT2D eigenvalue weighted by atomic mass is 127. The van der Waals surface area contributed by atoms with Crippen molar-refractivity contribution in [2.45, 2.75) is 0 Å². The minimum atomic E-state index is -0.534. The largest absolute Gasteiger partial charge is 0.493 e. The second-order valence-electron chi connectivity index (χ2n) is 4.85. The number of hydrogen-bond donors (Lipinski definition) is 2. The normalized spacial score (nSPS) is 11.2. The summed E-state index contributed by atoms with van der Waals surface area (Å²) < 4.78 is 7.42. The molecule has 0 radical (unpaired) electrons. The van der Waals surface area contributed by atoms with Crippen molar-refractivity contribution in [1.82, 2.24) is 4.98 Å². The van der Waals surface area contributed by atoms with Crippen LogP contribution in [0.4, 0.5) is 5.69 Å². The van der Waals surface area contributed by atoms with E-state index < -0.39 is 5.91 Å². The van der Waals surface area contributed by atoms with Gasteiger partial charge in [-0.3, -0.25) is 4.79 Å². The Hall–Kier alpha value is -1.69. The molecule has 0 saturated heterocycles. The third kappa shape index (κ3) is 4.04. The van der Waals surface area contributed by atoms with Crippen LogP contribution in [0.15, 0.2) is 52.7 Å². The number of aromatic amines is 1. The summed E-state index contributed by atoms with van der Waals surface area (Å²) in [7, 11) is 0. The van der Waals surface area contributed by atoms with Gasteiger partial charge in [-0.05, 0) is 87.6 Å². The number of H-pyrrole nitrogens is 1. The highest BCUT2D eigenvalue weighted by Crippen LogP contribution is 2.36. The molecule has 6 nitrogen and oxygen atoms in total. The number of carbonyl (C=O) groups excluding carboxylic acids is 1. The molecule has 0 saturated carbocycles. The Labute approximate surface area is 164 Å². The molecule has 0 spiro atoms. The molecule has 8 heteroatoms. The van der Waals surface area contributed by atoms with E-state index in [0.717, 1.165) is 12.7 Å². The number of hydrogen-bond acceptors (Lipinski definition) is 4. The lowest BCUT2D eigenvalue weighted by Crippen LogP contribution is -2.07. The van der Waals surface area contributed by atoms with Crippen LogP contribution in [0.1, 0.15) is 0 Å². The van der Waals surface area contributed by atoms with E-state index in [-0.39, 0.29) is 18.2 Å². The average molecular weight is 547 g/mol. The van der Waals surface area contributed by atoms with Gasteiger partial charge in [0.1, 0.15) is 5.75 Å². The van der Waals surface area contributed by atoms with Gasteiger partial charge in [0.2, 0.25) is 5.88 Å². The number of azo groups is 1. The summed E-state index contributed by atoms with van der Waals surface area (Å²) in [4.78, 5) is 14.6. The van der Waals surface area contributed by atoms with Crippen molar-refractivity contribution in [3.63, 3.8) is 0 Å². The van der Waals surface area contributed by atoms with E-state index in [4.69, 9.17) is 4.74 Å². The van der Waals surface area contributed by atoms with Gasteiger partial charge in [-0.15, -0.1) is 10.2 Å². The lowest BCUT2D eigenvalue weighted by molar-refractivity contribution is -0.120. The molecule has 122 valence electrons. The van der Waals surface area contributed by atoms with Crippen LogP contribution in [0.2, 0.25) is 0 Å². The summed E-state index contributed by atoms with van der Waals surface area (Å²) in [5.74, 6) is -0.0708. The van der Waals surface area contributed by atoms with E-state index in [1.165, 1.54) is 0 Å². The van der Waals surface area contributed by atoms with Gasteiger partial charge < -0.3 is 14.8 Å². The number of halogens is 2. The first-order valence-electron chi connectivity index (χ1n) is 6.86. The zero-order valence-electron chi connectivity index (χ0n) is 12.2. The van der Waals surface area contributed by atoms with Crippen LogP contribution in [0.25, 0.3) is 10.9 Å². The highest BCUT2D eigenvalue weighted by molar-refractivity contribution is 14.1. The van der Waals surface area contributed by atoms with Crippen LogP contribution in [-0.4, -0.2) is 22.6 Å². The molecule has 0 aliphatic rings. The van der Waals surface area contributed by atoms with Crippen LogP contribution in [-0.2, 0) is 4.79 Å². The summed E-state index contributed by atoms with van der Waals surface area (Å²) >= 11 is 4.35. The van der Waals surface area contributed by atoms with Crippen molar-refractivity contribution < 1.29 is 14.6 Å². The fraction of sp³-hybridized carbons (Fsp3) is 0.0625. The number of nitrogens with zero attached hydrogens (tertiary/aromatic N) is 2. The van der Waals surface area contributed by atoms with Gasteiger partial charge in [-0.25, -0.2) is 0 Å². The number of ether oxygens (including phenoxy) is 1. The average Bonchev–Trinajstić information content (AvgIpc) is 2.87. The summed E-state index contributed by atoms with van der Waals surface area (Å²) in [6, 6.07) is 12.9. The van der Waals surface area contributed by atoms with Crippen LogP contribution in [0.3, 0.4) is 0 Å². The van der Waals surface area contributed by atoms with Crippen molar-refractivity contribution >= 4 is 67.7 Å². The lowest BCUT2D eigenvalue weighted by Gasteiger charge is -2.02. The maximum atomic E-state index is 11.8. The molecule has 2 aromatic carbocycles. The van der Waals surface area contributed by atoms with E-state index in [9.17, 15) is 9.90 Å². The van der Waals surface area contributed by atoms with Crippen LogP contribution in [0.5, 0.6) is 11.6 Å². The number of nitrogens with one attached hydrogen (secondary N) is 1. The fourth-order valence-corrected chi connectivity index (χ4v) is 2.90. The monoisotopic (exact) mass is 547 g/mol. The van der Waals surface area contributed by atoms with E-state index in [1.807, 2.05) is 30.3 Å². The number of aromatic hydroxyl groups is 1. The molecule has 2 N–H and O–H groups in total. The SMILES string of the molecule is O=C(COc1ccc(I)cc1)N=Nc1c(O)[nH]c2ccc(I)cc12. The molecule has 24 heavy (non-hydrogen) atoms. The van der Waals surface area contributed by atoms with Crippen LogP contribution < -0.4 is 4.74 Å². The maximum Gasteiger partial charge on any atom is 0.302 e. The van der Waals surface area contributed by atoms with Crippen LogP contribution in [0, 0.1) is 7.14 Å². The number of amides is 1. The molecule has 1 aromatic heterocycles. The Morgan fingerprint density at radius 3 is 2.58 bits per heavy atom. The van der Waals surface area contributed by atoms with Crippen molar-refractivity contribution in [2.75, 3.05) is 6.61 Å². The zero-order valence-corrected chi connectivity index (χ0v) is 16.5. The number of fused-ring (bicyclic) bond motifs is 1. The molecule has 0 bridgehead atoms. The summed E-state index contributed by atoms with van der Waals surface area (Å²) in [5.41, 5.74) is 0.968. The fourth-order valence-electron chi connectivity index (χ4n) is 2.05. The molecular formula is C16H11I2N3O3. The van der Waals surface area contributed by atoms with Crippen molar-refractivity contribution in [2.24, 2.45) is 10.2 Å². The van der Waals surface area contributed by atoms with Gasteiger partial charge in [0.15, 0.2) is 12.3 Å². The first-order valence-corrected chi connectivity index (χ1v) is 9.02. The highest BCUT2D eigenvalue weighted by Gasteiger charge is 2.11. The Balaban J connectivity index is 1.71. The topological polar surface area (TPSA) is 87.0 Å². The third-order valence-corrected chi connectivity index (χ3v) is 4.54. The van der Waals surface area contributed by atoms with Gasteiger partial charge in [0.05, 0.1) is 5.52 Å². The third-order valence-electron chi connectivity index (χ3n) is 3.15. The molecule has 3 aromatic rings. The summed E-state index contributed by atoms with van der Waals surface area (Å²) in [5, 5.41) is 18.1. The second-order valence-corrected chi connectivity index (χ2v) is 7.34. The Kier molecular flexibility index (Phi) is 5.33. The first-order chi connectivity index (χ1) is 11.5. The van der Waals surface area contributed by atoms with Gasteiger partial charge >= 0.3 is 5.91 Å². The number of aromatic nitrogens is 1. The minimum absolute atomic E-state index is 0.123. The van der Waals surface area contributed by atoms with Crippen LogP contribution >= 0.6 is 45.2 Å². The number of carbonyl (C=O) groups is 1. The number of benzene rings is 2. The molecule has 0 fully saturated rings. The predicted octanol–water partition coefficient (Wildman–Crippen LogP) is 4.77. The first kappa shape index (κ1) is 17.1. The summed E-state index contributed by atoms with van der Waals surface area (Å²) in [6.45, 7) is -0.218. The molecule has 0 aliphatic carbocycles. The van der Waals surface area contributed by atoms with Crippen molar-refractivity contribution in [3.05, 3.63) is 49.6 Å². The van der Waals surface area contributed by atoms with E-state index in [1.54, 1.807) is 12.1 Å². The number of rotatable bonds is 4. The molecule has 1 heterocycles. The van der Waals surface area contributed by atoms with E-state index >= 15 is 0 Å². The molecular weight excluding hydrogens is 536 g/mol. The van der Waals surface area contributed by atoms with Crippen molar-refractivity contribution in [3.8, 4) is 11.6 Å². The Morgan fingerprint density at radius 1 is 1.12 bits per heavy atom. The van der Waals surface area contributed by atoms with E-state index in [2.05, 4.69) is 60.4 Å². The Morgan fingerprint density at radius 2 is 1.83 bits per heavy atom. The zero-order chi connectivity index (χ0) is 17.1. The quantitative estimate of drug-likeness (QED) is 0.365. The second kappa shape index (κ2) is 7.47. The summed E-state index contributed by atoms with van der Waals surface area (Å²) in [6.07, 6.45) is 0. The van der Waals surface area contributed by atoms with E-state index in [0.29, 0.717) is 11.1 Å². The molecule has 3 rings (SSSR count). The Bertz CT molecular complexity index is 920. The van der Waals surface area contributed by atoms with Gasteiger partial charge in [-0.1, -0.05) is 0 Å². The molecule has 0 aliphatic heterocycles. The molecule has 0 atom stereocenters. The molecule has 0 unspecified atom stereocenters. The standard InChI is InChI=1S/C16H11I2N3O3/c17-9-1-4-11(5-2-9)24-8-14(22)20-21-15-12-7-10(18)3-6-13(12)19-16(15)23/h1-7,19,23H,8H2. The molecule has 1 amide bonds. The van der Waals surface area contributed by atoms with Crippen molar-refractivity contribution in [1.29, 1.82) is 0 Å². The minimum Gasteiger partial charge on any atom is -0.493 e. The smallest absolute Gasteiger partial charge is 0.302 e. The maximum absolute atomic E-state index is 11.8. The van der Waals surface area contributed by atoms with Gasteiger partial charge in [-0.2, -0.15) is 0 Å². The predicted molar refractivity (Wildman–Crippen MR) is 107 cm³/mol. The van der Waals surface area contributed by atoms with Gasteiger partial charge in [0, 0.05) is 12.5 Å². The lowest BCUT2D eigenvalue weighted by atomic mass is 10.2. The van der Waals surface area contributed by atoms with Gasteiger partial charge in [0.25, 0.3) is 0 Å².